The Hall–Kier alpha value is -2.63. The van der Waals surface area contributed by atoms with Gasteiger partial charge in [0.25, 0.3) is 0 Å². The first-order valence-corrected chi connectivity index (χ1v) is 8.81. The second-order valence-corrected chi connectivity index (χ2v) is 6.23. The summed E-state index contributed by atoms with van der Waals surface area (Å²) >= 11 is 6.02. The van der Waals surface area contributed by atoms with E-state index >= 15 is 0 Å². The van der Waals surface area contributed by atoms with Crippen molar-refractivity contribution in [2.75, 3.05) is 11.9 Å². The van der Waals surface area contributed by atoms with Crippen LogP contribution in [0.2, 0.25) is 5.02 Å². The van der Waals surface area contributed by atoms with E-state index < -0.39 is 0 Å². The predicted octanol–water partition coefficient (Wildman–Crippen LogP) is 4.46. The van der Waals surface area contributed by atoms with E-state index in [0.717, 1.165) is 11.3 Å². The number of benzene rings is 2. The van der Waals surface area contributed by atoms with Gasteiger partial charge in [0.1, 0.15) is 5.82 Å². The minimum Gasteiger partial charge on any atom is -0.377 e. The third-order valence-electron chi connectivity index (χ3n) is 3.77. The van der Waals surface area contributed by atoms with Crippen molar-refractivity contribution in [3.05, 3.63) is 77.4 Å². The van der Waals surface area contributed by atoms with Gasteiger partial charge in [0.15, 0.2) is 0 Å². The summed E-state index contributed by atoms with van der Waals surface area (Å²) in [6.45, 7) is 1.10. The summed E-state index contributed by atoms with van der Waals surface area (Å²) in [6.07, 6.45) is 2.68. The van der Waals surface area contributed by atoms with E-state index in [-0.39, 0.29) is 5.91 Å². The van der Waals surface area contributed by atoms with Crippen LogP contribution in [0.4, 0.5) is 5.82 Å². The molecule has 1 aromatic heterocycles. The zero-order valence-electron chi connectivity index (χ0n) is 14.3. The molecule has 1 N–H and O–H groups in total. The van der Waals surface area contributed by atoms with E-state index in [1.807, 2.05) is 42.5 Å². The molecular formula is C20H20ClN3O2. The van der Waals surface area contributed by atoms with Crippen LogP contribution in [0.5, 0.6) is 0 Å². The zero-order chi connectivity index (χ0) is 18.2. The molecule has 2 aromatic carbocycles. The molecule has 0 radical (unpaired) electrons. The Bertz CT molecular complexity index is 849. The summed E-state index contributed by atoms with van der Waals surface area (Å²) in [5.74, 6) is 0.541. The van der Waals surface area contributed by atoms with Gasteiger partial charge in [0.2, 0.25) is 5.91 Å². The Morgan fingerprint density at radius 3 is 2.77 bits per heavy atom. The zero-order valence-corrected chi connectivity index (χ0v) is 15.0. The van der Waals surface area contributed by atoms with Crippen LogP contribution < -0.4 is 5.32 Å². The maximum absolute atomic E-state index is 12.2. The number of hydrogen-bond donors (Lipinski definition) is 1. The van der Waals surface area contributed by atoms with Gasteiger partial charge in [-0.1, -0.05) is 48.0 Å². The Kier molecular flexibility index (Phi) is 6.41. The lowest BCUT2D eigenvalue weighted by Gasteiger charge is -2.09. The molecule has 1 heterocycles. The molecular weight excluding hydrogens is 350 g/mol. The van der Waals surface area contributed by atoms with E-state index in [1.165, 1.54) is 0 Å². The molecule has 0 bridgehead atoms. The minimum absolute atomic E-state index is 0.0721. The fraction of sp³-hybridized carbons (Fsp3) is 0.200. The highest BCUT2D eigenvalue weighted by molar-refractivity contribution is 6.30. The average molecular weight is 370 g/mol. The summed E-state index contributed by atoms with van der Waals surface area (Å²) in [7, 11) is 0. The molecule has 0 saturated heterocycles. The average Bonchev–Trinajstić information content (AvgIpc) is 3.10. The molecule has 134 valence electrons. The summed E-state index contributed by atoms with van der Waals surface area (Å²) in [4.78, 5) is 12.2. The summed E-state index contributed by atoms with van der Waals surface area (Å²) in [5, 5.41) is 7.74. The van der Waals surface area contributed by atoms with E-state index in [4.69, 9.17) is 16.3 Å². The molecule has 0 aliphatic rings. The topological polar surface area (TPSA) is 56.1 Å². The van der Waals surface area contributed by atoms with Gasteiger partial charge in [0, 0.05) is 24.1 Å². The highest BCUT2D eigenvalue weighted by Gasteiger charge is 2.09. The monoisotopic (exact) mass is 369 g/mol. The number of nitrogens with zero attached hydrogens (tertiary/aromatic N) is 2. The number of hydrogen-bond acceptors (Lipinski definition) is 3. The van der Waals surface area contributed by atoms with Gasteiger partial charge >= 0.3 is 0 Å². The van der Waals surface area contributed by atoms with Crippen molar-refractivity contribution in [2.24, 2.45) is 0 Å². The Balaban J connectivity index is 1.45. The standard InChI is InChI=1S/C20H20ClN3O2/c21-17-8-4-9-18(14-17)24-19(11-12-22-24)23-20(25)10-5-13-26-15-16-6-2-1-3-7-16/h1-4,6-9,11-12,14H,5,10,13,15H2,(H,23,25). The van der Waals surface area contributed by atoms with E-state index in [0.29, 0.717) is 36.9 Å². The van der Waals surface area contributed by atoms with Gasteiger partial charge in [0.05, 0.1) is 18.5 Å². The lowest BCUT2D eigenvalue weighted by molar-refractivity contribution is -0.116. The molecule has 6 heteroatoms. The molecule has 0 aliphatic carbocycles. The smallest absolute Gasteiger partial charge is 0.225 e. The molecule has 5 nitrogen and oxygen atoms in total. The van der Waals surface area contributed by atoms with Crippen LogP contribution in [0, 0.1) is 0 Å². The SMILES string of the molecule is O=C(CCCOCc1ccccc1)Nc1ccnn1-c1cccc(Cl)c1. The highest BCUT2D eigenvalue weighted by atomic mass is 35.5. The molecule has 0 spiro atoms. The van der Waals surface area contributed by atoms with Gasteiger partial charge in [-0.3, -0.25) is 4.79 Å². The third kappa shape index (κ3) is 5.18. The van der Waals surface area contributed by atoms with Crippen LogP contribution >= 0.6 is 11.6 Å². The van der Waals surface area contributed by atoms with E-state index in [2.05, 4.69) is 10.4 Å². The molecule has 3 rings (SSSR count). The van der Waals surface area contributed by atoms with Crippen LogP contribution in [0.15, 0.2) is 66.9 Å². The summed E-state index contributed by atoms with van der Waals surface area (Å²) in [6, 6.07) is 19.0. The van der Waals surface area contributed by atoms with Gasteiger partial charge in [-0.05, 0) is 30.2 Å². The number of nitrogens with one attached hydrogen (secondary N) is 1. The van der Waals surface area contributed by atoms with Crippen LogP contribution in [0.1, 0.15) is 18.4 Å². The number of ether oxygens (including phenoxy) is 1. The molecule has 0 saturated carbocycles. The normalized spacial score (nSPS) is 10.7. The largest absolute Gasteiger partial charge is 0.377 e. The van der Waals surface area contributed by atoms with Crippen LogP contribution in [0.3, 0.4) is 0 Å². The number of carbonyl (C=O) groups excluding carboxylic acids is 1. The van der Waals surface area contributed by atoms with Crippen molar-refractivity contribution in [3.63, 3.8) is 0 Å². The molecule has 0 unspecified atom stereocenters. The maximum Gasteiger partial charge on any atom is 0.225 e. The van der Waals surface area contributed by atoms with Crippen molar-refractivity contribution >= 4 is 23.3 Å². The van der Waals surface area contributed by atoms with Crippen molar-refractivity contribution in [3.8, 4) is 5.69 Å². The quantitative estimate of drug-likeness (QED) is 0.596. The predicted molar refractivity (Wildman–Crippen MR) is 103 cm³/mol. The number of carbonyl (C=O) groups is 1. The maximum atomic E-state index is 12.2. The second kappa shape index (κ2) is 9.17. The van der Waals surface area contributed by atoms with Crippen molar-refractivity contribution in [1.29, 1.82) is 0 Å². The molecule has 0 aliphatic heterocycles. The van der Waals surface area contributed by atoms with Gasteiger partial charge in [-0.25, -0.2) is 4.68 Å². The fourth-order valence-electron chi connectivity index (χ4n) is 2.52. The minimum atomic E-state index is -0.0721. The molecule has 0 fully saturated rings. The van der Waals surface area contributed by atoms with Crippen LogP contribution in [-0.4, -0.2) is 22.3 Å². The number of rotatable bonds is 8. The summed E-state index contributed by atoms with van der Waals surface area (Å²) in [5.41, 5.74) is 1.92. The first-order valence-electron chi connectivity index (χ1n) is 8.44. The van der Waals surface area contributed by atoms with Crippen molar-refractivity contribution in [1.82, 2.24) is 9.78 Å². The van der Waals surface area contributed by atoms with E-state index in [9.17, 15) is 4.79 Å². The first kappa shape index (κ1) is 18.2. The van der Waals surface area contributed by atoms with Gasteiger partial charge in [-0.2, -0.15) is 5.10 Å². The van der Waals surface area contributed by atoms with Gasteiger partial charge < -0.3 is 10.1 Å². The van der Waals surface area contributed by atoms with E-state index in [1.54, 1.807) is 29.1 Å². The lowest BCUT2D eigenvalue weighted by atomic mass is 10.2. The Morgan fingerprint density at radius 2 is 1.96 bits per heavy atom. The molecule has 1 amide bonds. The van der Waals surface area contributed by atoms with Gasteiger partial charge in [-0.15, -0.1) is 0 Å². The number of aromatic nitrogens is 2. The van der Waals surface area contributed by atoms with Crippen LogP contribution in [0.25, 0.3) is 5.69 Å². The first-order chi connectivity index (χ1) is 12.7. The number of halogens is 1. The second-order valence-electron chi connectivity index (χ2n) is 5.80. The fourth-order valence-corrected chi connectivity index (χ4v) is 2.70. The molecule has 0 atom stereocenters. The van der Waals surface area contributed by atoms with Crippen molar-refractivity contribution in [2.45, 2.75) is 19.4 Å². The highest BCUT2D eigenvalue weighted by Crippen LogP contribution is 2.18. The lowest BCUT2D eigenvalue weighted by Crippen LogP contribution is -2.15. The third-order valence-corrected chi connectivity index (χ3v) is 4.00. The van der Waals surface area contributed by atoms with Crippen molar-refractivity contribution < 1.29 is 9.53 Å². The molecule has 3 aromatic rings. The number of anilines is 1. The Morgan fingerprint density at radius 1 is 1.12 bits per heavy atom. The molecule has 26 heavy (non-hydrogen) atoms. The van der Waals surface area contributed by atoms with Crippen LogP contribution in [-0.2, 0) is 16.1 Å². The Labute approximate surface area is 157 Å². The summed E-state index contributed by atoms with van der Waals surface area (Å²) < 4.78 is 7.25. The number of amides is 1.